The van der Waals surface area contributed by atoms with Gasteiger partial charge in [0.15, 0.2) is 0 Å². The van der Waals surface area contributed by atoms with Crippen LogP contribution in [-0.2, 0) is 4.74 Å². The third-order valence-electron chi connectivity index (χ3n) is 3.51. The highest BCUT2D eigenvalue weighted by Gasteiger charge is 2.45. The van der Waals surface area contributed by atoms with E-state index in [1.165, 1.54) is 0 Å². The van der Waals surface area contributed by atoms with E-state index in [1.807, 2.05) is 0 Å². The first-order valence-electron chi connectivity index (χ1n) is 5.85. The molecule has 1 rings (SSSR count). The molecule has 0 aromatic heterocycles. The topological polar surface area (TPSA) is 41.5 Å². The minimum atomic E-state index is -4.10. The molecular weight excluding hydrogens is 235 g/mol. The average molecular weight is 255 g/mol. The number of hydrogen-bond acceptors (Lipinski definition) is 3. The Morgan fingerprint density at radius 2 is 1.94 bits per heavy atom. The van der Waals surface area contributed by atoms with Crippen LogP contribution < -0.4 is 5.32 Å². The van der Waals surface area contributed by atoms with Gasteiger partial charge in [0.05, 0.1) is 19.1 Å². The van der Waals surface area contributed by atoms with Crippen LogP contribution in [0.5, 0.6) is 0 Å². The van der Waals surface area contributed by atoms with Crippen LogP contribution in [0.25, 0.3) is 0 Å². The summed E-state index contributed by atoms with van der Waals surface area (Å²) in [5, 5.41) is 12.5. The monoisotopic (exact) mass is 255 g/mol. The predicted molar refractivity (Wildman–Crippen MR) is 57.7 cm³/mol. The second kappa shape index (κ2) is 6.02. The van der Waals surface area contributed by atoms with Crippen LogP contribution in [0.3, 0.4) is 0 Å². The molecule has 0 amide bonds. The Labute approximate surface area is 99.3 Å². The van der Waals surface area contributed by atoms with E-state index < -0.39 is 17.6 Å². The quantitative estimate of drug-likeness (QED) is 0.735. The normalized spacial score (nSPS) is 30.5. The summed E-state index contributed by atoms with van der Waals surface area (Å²) in [6, 6.07) is 0. The molecule has 0 aromatic carbocycles. The lowest BCUT2D eigenvalue weighted by Crippen LogP contribution is -2.53. The van der Waals surface area contributed by atoms with Gasteiger partial charge in [-0.25, -0.2) is 0 Å². The molecule has 0 aromatic rings. The van der Waals surface area contributed by atoms with Gasteiger partial charge in [0.2, 0.25) is 0 Å². The highest BCUT2D eigenvalue weighted by Crippen LogP contribution is 2.40. The Morgan fingerprint density at radius 1 is 1.35 bits per heavy atom. The zero-order valence-corrected chi connectivity index (χ0v) is 10.0. The van der Waals surface area contributed by atoms with Crippen LogP contribution in [-0.4, -0.2) is 43.7 Å². The highest BCUT2D eigenvalue weighted by atomic mass is 19.4. The maximum atomic E-state index is 12.5. The van der Waals surface area contributed by atoms with E-state index in [1.54, 1.807) is 7.11 Å². The Hall–Kier alpha value is -0.330. The second-order valence-electron chi connectivity index (χ2n) is 4.67. The van der Waals surface area contributed by atoms with Crippen molar-refractivity contribution >= 4 is 0 Å². The minimum absolute atomic E-state index is 0.0873. The molecule has 6 heteroatoms. The number of nitrogens with one attached hydrogen (secondary N) is 1. The number of ether oxygens (including phenoxy) is 1. The summed E-state index contributed by atoms with van der Waals surface area (Å²) in [6.45, 7) is 0.916. The molecular formula is C11H20F3NO2. The third kappa shape index (κ3) is 4.12. The third-order valence-corrected chi connectivity index (χ3v) is 3.51. The van der Waals surface area contributed by atoms with E-state index >= 15 is 0 Å². The molecule has 0 radical (unpaired) electrons. The van der Waals surface area contributed by atoms with Crippen molar-refractivity contribution in [3.63, 3.8) is 0 Å². The standard InChI is InChI=1S/C11H20F3NO2/c1-17-7-6-15-10(8-16)4-2-9(3-5-10)11(12,13)14/h9,15-16H,2-8H2,1H3. The molecule has 17 heavy (non-hydrogen) atoms. The first-order chi connectivity index (χ1) is 7.93. The lowest BCUT2D eigenvalue weighted by molar-refractivity contribution is -0.186. The summed E-state index contributed by atoms with van der Waals surface area (Å²) >= 11 is 0. The Kier molecular flexibility index (Phi) is 5.22. The van der Waals surface area contributed by atoms with Gasteiger partial charge in [0.25, 0.3) is 0 Å². The number of aliphatic hydroxyl groups is 1. The van der Waals surface area contributed by atoms with Gasteiger partial charge in [-0.3, -0.25) is 0 Å². The molecule has 1 aliphatic rings. The van der Waals surface area contributed by atoms with Gasteiger partial charge >= 0.3 is 6.18 Å². The molecule has 102 valence electrons. The van der Waals surface area contributed by atoms with Crippen LogP contribution in [0.2, 0.25) is 0 Å². The van der Waals surface area contributed by atoms with Crippen molar-refractivity contribution in [2.45, 2.75) is 37.4 Å². The van der Waals surface area contributed by atoms with E-state index in [9.17, 15) is 18.3 Å². The summed E-state index contributed by atoms with van der Waals surface area (Å²) < 4.78 is 42.4. The summed E-state index contributed by atoms with van der Waals surface area (Å²) in [5.74, 6) is -1.22. The zero-order valence-electron chi connectivity index (χ0n) is 10.0. The maximum Gasteiger partial charge on any atom is 0.391 e. The van der Waals surface area contributed by atoms with Crippen molar-refractivity contribution in [1.82, 2.24) is 5.32 Å². The SMILES string of the molecule is COCCNC1(CO)CCC(C(F)(F)F)CC1. The average Bonchev–Trinajstić information content (AvgIpc) is 2.29. The number of halogens is 3. The molecule has 0 aliphatic heterocycles. The lowest BCUT2D eigenvalue weighted by atomic mass is 9.76. The van der Waals surface area contributed by atoms with Gasteiger partial charge in [-0.1, -0.05) is 0 Å². The molecule has 0 bridgehead atoms. The van der Waals surface area contributed by atoms with Crippen LogP contribution in [0.15, 0.2) is 0 Å². The number of rotatable bonds is 5. The molecule has 0 saturated heterocycles. The van der Waals surface area contributed by atoms with Crippen molar-refractivity contribution in [2.24, 2.45) is 5.92 Å². The van der Waals surface area contributed by atoms with Gasteiger partial charge in [0.1, 0.15) is 0 Å². The fraction of sp³-hybridized carbons (Fsp3) is 1.00. The van der Waals surface area contributed by atoms with E-state index in [2.05, 4.69) is 5.32 Å². The Balaban J connectivity index is 2.45. The van der Waals surface area contributed by atoms with Gasteiger partial charge in [-0.2, -0.15) is 13.2 Å². The van der Waals surface area contributed by atoms with Crippen molar-refractivity contribution in [1.29, 1.82) is 0 Å². The van der Waals surface area contributed by atoms with Gasteiger partial charge in [0, 0.05) is 19.2 Å². The van der Waals surface area contributed by atoms with Crippen LogP contribution in [0, 0.1) is 5.92 Å². The molecule has 1 saturated carbocycles. The van der Waals surface area contributed by atoms with Crippen molar-refractivity contribution in [3.8, 4) is 0 Å². The number of alkyl halides is 3. The van der Waals surface area contributed by atoms with Crippen molar-refractivity contribution < 1.29 is 23.0 Å². The van der Waals surface area contributed by atoms with E-state index in [-0.39, 0.29) is 19.4 Å². The molecule has 0 spiro atoms. The molecule has 2 N–H and O–H groups in total. The smallest absolute Gasteiger partial charge is 0.391 e. The molecule has 0 unspecified atom stereocenters. The van der Waals surface area contributed by atoms with Crippen molar-refractivity contribution in [2.75, 3.05) is 26.9 Å². The van der Waals surface area contributed by atoms with E-state index in [0.717, 1.165) is 0 Å². The van der Waals surface area contributed by atoms with E-state index in [4.69, 9.17) is 4.74 Å². The fourth-order valence-corrected chi connectivity index (χ4v) is 2.31. The first-order valence-corrected chi connectivity index (χ1v) is 5.85. The van der Waals surface area contributed by atoms with Crippen LogP contribution in [0.4, 0.5) is 13.2 Å². The molecule has 0 atom stereocenters. The molecule has 1 aliphatic carbocycles. The van der Waals surface area contributed by atoms with Gasteiger partial charge in [-0.15, -0.1) is 0 Å². The number of hydrogen-bond donors (Lipinski definition) is 2. The largest absolute Gasteiger partial charge is 0.394 e. The summed E-state index contributed by atoms with van der Waals surface area (Å²) in [6.07, 6.45) is -3.21. The second-order valence-corrected chi connectivity index (χ2v) is 4.67. The summed E-state index contributed by atoms with van der Waals surface area (Å²) in [7, 11) is 1.56. The number of aliphatic hydroxyl groups excluding tert-OH is 1. The highest BCUT2D eigenvalue weighted by molar-refractivity contribution is 4.93. The predicted octanol–water partition coefficient (Wildman–Crippen LogP) is 1.71. The number of methoxy groups -OCH3 is 1. The summed E-state index contributed by atoms with van der Waals surface area (Å²) in [5.41, 5.74) is -0.555. The zero-order chi connectivity index (χ0) is 12.9. The maximum absolute atomic E-state index is 12.5. The lowest BCUT2D eigenvalue weighted by Gasteiger charge is -2.40. The molecule has 3 nitrogen and oxygen atoms in total. The Morgan fingerprint density at radius 3 is 2.35 bits per heavy atom. The van der Waals surface area contributed by atoms with Gasteiger partial charge < -0.3 is 15.2 Å². The van der Waals surface area contributed by atoms with Gasteiger partial charge in [-0.05, 0) is 25.7 Å². The molecule has 0 heterocycles. The van der Waals surface area contributed by atoms with Crippen molar-refractivity contribution in [3.05, 3.63) is 0 Å². The minimum Gasteiger partial charge on any atom is -0.394 e. The Bertz CT molecular complexity index is 225. The summed E-state index contributed by atoms with van der Waals surface area (Å²) in [4.78, 5) is 0. The first kappa shape index (κ1) is 14.7. The molecule has 1 fully saturated rings. The van der Waals surface area contributed by atoms with E-state index in [0.29, 0.717) is 26.0 Å². The fourth-order valence-electron chi connectivity index (χ4n) is 2.31. The van der Waals surface area contributed by atoms with Crippen LogP contribution in [0.1, 0.15) is 25.7 Å². The van der Waals surface area contributed by atoms with Crippen LogP contribution >= 0.6 is 0 Å².